The van der Waals surface area contributed by atoms with Gasteiger partial charge in [0.25, 0.3) is 0 Å². The summed E-state index contributed by atoms with van der Waals surface area (Å²) in [6.07, 6.45) is 7.78. The predicted molar refractivity (Wildman–Crippen MR) is 61.6 cm³/mol. The summed E-state index contributed by atoms with van der Waals surface area (Å²) in [5, 5.41) is 0. The zero-order valence-electron chi connectivity index (χ0n) is 7.82. The van der Waals surface area contributed by atoms with Crippen LogP contribution < -0.4 is 5.73 Å². The molecule has 0 saturated heterocycles. The van der Waals surface area contributed by atoms with Gasteiger partial charge in [0.15, 0.2) is 0 Å². The van der Waals surface area contributed by atoms with Crippen molar-refractivity contribution in [1.29, 1.82) is 0 Å². The van der Waals surface area contributed by atoms with Crippen LogP contribution in [0.5, 0.6) is 0 Å². The van der Waals surface area contributed by atoms with Crippen molar-refractivity contribution in [3.63, 3.8) is 0 Å². The Morgan fingerprint density at radius 2 is 2.08 bits per heavy atom. The van der Waals surface area contributed by atoms with E-state index in [0.717, 1.165) is 6.42 Å². The lowest BCUT2D eigenvalue weighted by Gasteiger charge is -1.91. The number of hydrogen-bond acceptors (Lipinski definition) is 2. The van der Waals surface area contributed by atoms with Crippen molar-refractivity contribution in [2.24, 2.45) is 5.73 Å². The normalized spacial score (nSPS) is 10.4. The van der Waals surface area contributed by atoms with E-state index in [0.29, 0.717) is 5.57 Å². The molecule has 0 aromatic rings. The highest BCUT2D eigenvalue weighted by Gasteiger charge is 1.95. The molecule has 0 rings (SSSR count). The molecule has 13 heavy (non-hydrogen) atoms. The third-order valence-electron chi connectivity index (χ3n) is 1.21. The van der Waals surface area contributed by atoms with E-state index in [1.165, 1.54) is 6.08 Å². The zero-order valence-corrected chi connectivity index (χ0v) is 8.64. The molecular formula is C10H15NOS. The maximum atomic E-state index is 10.6. The van der Waals surface area contributed by atoms with Crippen molar-refractivity contribution in [3.05, 3.63) is 36.5 Å². The average molecular weight is 197 g/mol. The molecule has 0 unspecified atom stereocenters. The third-order valence-corrected chi connectivity index (χ3v) is 1.21. The largest absolute Gasteiger partial charge is 0.366 e. The molecule has 0 heterocycles. The summed E-state index contributed by atoms with van der Waals surface area (Å²) in [6, 6.07) is 0. The van der Waals surface area contributed by atoms with Gasteiger partial charge in [-0.05, 0) is 19.2 Å². The summed E-state index contributed by atoms with van der Waals surface area (Å²) >= 11 is 3.83. The number of amides is 1. The first-order valence-electron chi connectivity index (χ1n) is 3.74. The van der Waals surface area contributed by atoms with Gasteiger partial charge in [0.1, 0.15) is 0 Å². The summed E-state index contributed by atoms with van der Waals surface area (Å²) in [6.45, 7) is 5.39. The number of rotatable bonds is 4. The third kappa shape index (κ3) is 8.69. The highest BCUT2D eigenvalue weighted by molar-refractivity contribution is 7.77. The second-order valence-electron chi connectivity index (χ2n) is 2.03. The molecule has 1 amide bonds. The van der Waals surface area contributed by atoms with Crippen LogP contribution in [0.25, 0.3) is 0 Å². The highest BCUT2D eigenvalue weighted by atomic mass is 32.1. The number of carbonyl (C=O) groups is 1. The van der Waals surface area contributed by atoms with E-state index in [1.807, 2.05) is 19.1 Å². The molecule has 0 atom stereocenters. The maximum Gasteiger partial charge on any atom is 0.248 e. The SMILES string of the molecule is C=CC(=CC/C=C\C)C(N)=O.C=S. The smallest absolute Gasteiger partial charge is 0.248 e. The number of carbonyl (C=O) groups excluding carboxylic acids is 1. The Labute approximate surface area is 84.8 Å². The molecule has 0 bridgehead atoms. The average Bonchev–Trinajstić information content (AvgIpc) is 2.15. The van der Waals surface area contributed by atoms with Crippen molar-refractivity contribution in [3.8, 4) is 0 Å². The molecule has 0 aromatic carbocycles. The fourth-order valence-electron chi connectivity index (χ4n) is 0.616. The summed E-state index contributed by atoms with van der Waals surface area (Å²) in [5.74, 6) is 2.41. The van der Waals surface area contributed by atoms with Crippen LogP contribution in [0.15, 0.2) is 36.5 Å². The van der Waals surface area contributed by atoms with Crippen LogP contribution in [-0.2, 0) is 4.79 Å². The Kier molecular flexibility index (Phi) is 11.9. The van der Waals surface area contributed by atoms with Crippen LogP contribution in [0.2, 0.25) is 0 Å². The van der Waals surface area contributed by atoms with E-state index in [4.69, 9.17) is 5.73 Å². The van der Waals surface area contributed by atoms with E-state index in [1.54, 1.807) is 6.08 Å². The first-order valence-corrected chi connectivity index (χ1v) is 4.32. The lowest BCUT2D eigenvalue weighted by Crippen LogP contribution is -2.11. The zero-order chi connectivity index (χ0) is 10.7. The molecule has 0 radical (unpaired) electrons. The van der Waals surface area contributed by atoms with Gasteiger partial charge in [0.05, 0.1) is 0 Å². The van der Waals surface area contributed by atoms with Crippen LogP contribution in [0, 0.1) is 0 Å². The van der Waals surface area contributed by atoms with Crippen molar-refractivity contribution >= 4 is 24.0 Å². The molecule has 0 aromatic heterocycles. The predicted octanol–water partition coefficient (Wildman–Crippen LogP) is 2.17. The minimum atomic E-state index is -0.426. The summed E-state index contributed by atoms with van der Waals surface area (Å²) in [5.41, 5.74) is 5.50. The van der Waals surface area contributed by atoms with Gasteiger partial charge in [-0.1, -0.05) is 43.1 Å². The Morgan fingerprint density at radius 1 is 1.54 bits per heavy atom. The molecular weight excluding hydrogens is 182 g/mol. The van der Waals surface area contributed by atoms with E-state index < -0.39 is 5.91 Å². The second kappa shape index (κ2) is 10.8. The number of primary amides is 1. The highest BCUT2D eigenvalue weighted by Crippen LogP contribution is 1.97. The standard InChI is InChI=1S/C9H13NO.CH2S/c1-3-5-6-7-8(4-2)9(10)11;1-2/h3-5,7H,2,6H2,1H3,(H2,10,11);1H2/b5-3-,8-7?;. The van der Waals surface area contributed by atoms with E-state index in [9.17, 15) is 4.79 Å². The van der Waals surface area contributed by atoms with Gasteiger partial charge < -0.3 is 5.73 Å². The lowest BCUT2D eigenvalue weighted by atomic mass is 10.2. The Morgan fingerprint density at radius 3 is 2.38 bits per heavy atom. The van der Waals surface area contributed by atoms with Gasteiger partial charge in [-0.25, -0.2) is 0 Å². The van der Waals surface area contributed by atoms with Crippen molar-refractivity contribution in [2.75, 3.05) is 0 Å². The van der Waals surface area contributed by atoms with Crippen LogP contribution in [-0.4, -0.2) is 11.8 Å². The number of allylic oxidation sites excluding steroid dienone is 3. The summed E-state index contributed by atoms with van der Waals surface area (Å²) < 4.78 is 0. The molecule has 2 N–H and O–H groups in total. The molecule has 0 saturated carbocycles. The fraction of sp³-hybridized carbons (Fsp3) is 0.200. The van der Waals surface area contributed by atoms with Gasteiger partial charge >= 0.3 is 0 Å². The first kappa shape index (κ1) is 14.3. The number of hydrogen-bond donors (Lipinski definition) is 1. The molecule has 2 nitrogen and oxygen atoms in total. The van der Waals surface area contributed by atoms with Crippen LogP contribution in [0.1, 0.15) is 13.3 Å². The number of thiocarbonyl (C=S) groups is 1. The summed E-state index contributed by atoms with van der Waals surface area (Å²) in [7, 11) is 0. The molecule has 0 spiro atoms. The van der Waals surface area contributed by atoms with Crippen molar-refractivity contribution in [2.45, 2.75) is 13.3 Å². The van der Waals surface area contributed by atoms with Crippen LogP contribution in [0.3, 0.4) is 0 Å². The minimum absolute atomic E-state index is 0.426. The van der Waals surface area contributed by atoms with Gasteiger partial charge in [-0.15, -0.1) is 0 Å². The van der Waals surface area contributed by atoms with Gasteiger partial charge in [-0.2, -0.15) is 0 Å². The van der Waals surface area contributed by atoms with Gasteiger partial charge in [0, 0.05) is 5.57 Å². The van der Waals surface area contributed by atoms with E-state index in [-0.39, 0.29) is 0 Å². The van der Waals surface area contributed by atoms with Crippen LogP contribution >= 0.6 is 12.2 Å². The molecule has 0 aliphatic heterocycles. The monoisotopic (exact) mass is 197 g/mol. The molecule has 0 fully saturated rings. The first-order chi connectivity index (χ1) is 6.22. The van der Waals surface area contributed by atoms with E-state index >= 15 is 0 Å². The van der Waals surface area contributed by atoms with Crippen molar-refractivity contribution < 1.29 is 4.79 Å². The van der Waals surface area contributed by atoms with Crippen LogP contribution in [0.4, 0.5) is 0 Å². The Bertz CT molecular complexity index is 219. The lowest BCUT2D eigenvalue weighted by molar-refractivity contribution is -0.114. The maximum absolute atomic E-state index is 10.6. The topological polar surface area (TPSA) is 43.1 Å². The minimum Gasteiger partial charge on any atom is -0.366 e. The van der Waals surface area contributed by atoms with Gasteiger partial charge in [0.2, 0.25) is 5.91 Å². The van der Waals surface area contributed by atoms with E-state index in [2.05, 4.69) is 24.7 Å². The molecule has 0 aliphatic carbocycles. The molecule has 3 heteroatoms. The molecule has 0 aliphatic rings. The van der Waals surface area contributed by atoms with Gasteiger partial charge in [-0.3, -0.25) is 4.79 Å². The summed E-state index contributed by atoms with van der Waals surface area (Å²) in [4.78, 5) is 10.6. The second-order valence-corrected chi connectivity index (χ2v) is 2.03. The quantitative estimate of drug-likeness (QED) is 0.325. The van der Waals surface area contributed by atoms with Crippen molar-refractivity contribution in [1.82, 2.24) is 0 Å². The Hall–Kier alpha value is -1.22. The molecule has 72 valence electrons. The fourth-order valence-corrected chi connectivity index (χ4v) is 0.616. The number of nitrogens with two attached hydrogens (primary N) is 1. The Balaban J connectivity index is 0.